The molecule has 0 unspecified atom stereocenters. The molecule has 0 bridgehead atoms. The summed E-state index contributed by atoms with van der Waals surface area (Å²) in [5.74, 6) is 0.310. The smallest absolute Gasteiger partial charge is 0.251 e. The number of amides is 1. The molecule has 1 aromatic carbocycles. The van der Waals surface area contributed by atoms with E-state index in [0.717, 1.165) is 0 Å². The standard InChI is InChI=1S/C12H14N4O4S/c1-7(12-16-15-8(2)20-12)14-11(17)9-3-5-10(6-4-9)21(13,18)19/h3-7H,1-2H3,(H,14,17)(H2,13,18,19)/t7-/m0/s1. The molecule has 1 amide bonds. The second-order valence-electron chi connectivity index (χ2n) is 4.42. The molecule has 21 heavy (non-hydrogen) atoms. The quantitative estimate of drug-likeness (QED) is 0.847. The van der Waals surface area contributed by atoms with Gasteiger partial charge in [0.25, 0.3) is 5.91 Å². The zero-order chi connectivity index (χ0) is 15.6. The van der Waals surface area contributed by atoms with E-state index in [0.29, 0.717) is 17.3 Å². The highest BCUT2D eigenvalue weighted by atomic mass is 32.2. The first-order valence-corrected chi connectivity index (χ1v) is 7.56. The minimum atomic E-state index is -3.77. The van der Waals surface area contributed by atoms with Crippen molar-refractivity contribution in [1.82, 2.24) is 15.5 Å². The minimum absolute atomic E-state index is 0.0559. The first-order chi connectivity index (χ1) is 9.77. The van der Waals surface area contributed by atoms with Crippen LogP contribution < -0.4 is 10.5 Å². The van der Waals surface area contributed by atoms with Crippen molar-refractivity contribution in [2.24, 2.45) is 5.14 Å². The van der Waals surface area contributed by atoms with Crippen LogP contribution in [0.25, 0.3) is 0 Å². The molecule has 0 aliphatic carbocycles. The van der Waals surface area contributed by atoms with Gasteiger partial charge in [0.15, 0.2) is 0 Å². The van der Waals surface area contributed by atoms with Crippen LogP contribution in [0.5, 0.6) is 0 Å². The van der Waals surface area contributed by atoms with Gasteiger partial charge >= 0.3 is 0 Å². The predicted octanol–water partition coefficient (Wildman–Crippen LogP) is 0.516. The maximum Gasteiger partial charge on any atom is 0.251 e. The first kappa shape index (κ1) is 15.1. The molecule has 0 aliphatic rings. The van der Waals surface area contributed by atoms with Gasteiger partial charge in [-0.05, 0) is 31.2 Å². The Bertz CT molecular complexity index is 752. The maximum atomic E-state index is 12.0. The highest BCUT2D eigenvalue weighted by molar-refractivity contribution is 7.89. The Hall–Kier alpha value is -2.26. The summed E-state index contributed by atoms with van der Waals surface area (Å²) in [6, 6.07) is 4.83. The van der Waals surface area contributed by atoms with Gasteiger partial charge in [0.05, 0.1) is 4.90 Å². The Morgan fingerprint density at radius 3 is 2.38 bits per heavy atom. The number of hydrogen-bond acceptors (Lipinski definition) is 6. The van der Waals surface area contributed by atoms with E-state index in [2.05, 4.69) is 15.5 Å². The van der Waals surface area contributed by atoms with Gasteiger partial charge in [0.2, 0.25) is 21.8 Å². The SMILES string of the molecule is Cc1nnc([C@H](C)NC(=O)c2ccc(S(N)(=O)=O)cc2)o1. The van der Waals surface area contributed by atoms with Crippen molar-refractivity contribution in [3.05, 3.63) is 41.6 Å². The highest BCUT2D eigenvalue weighted by Gasteiger charge is 2.17. The molecule has 0 fully saturated rings. The molecular formula is C12H14N4O4S. The number of primary sulfonamides is 1. The number of rotatable bonds is 4. The summed E-state index contributed by atoms with van der Waals surface area (Å²) in [5.41, 5.74) is 0.297. The number of sulfonamides is 1. The first-order valence-electron chi connectivity index (χ1n) is 6.01. The number of aromatic nitrogens is 2. The van der Waals surface area contributed by atoms with Crippen molar-refractivity contribution in [3.63, 3.8) is 0 Å². The second-order valence-corrected chi connectivity index (χ2v) is 5.99. The van der Waals surface area contributed by atoms with Crippen molar-refractivity contribution >= 4 is 15.9 Å². The van der Waals surface area contributed by atoms with Crippen molar-refractivity contribution in [3.8, 4) is 0 Å². The number of hydrogen-bond donors (Lipinski definition) is 2. The number of nitrogens with zero attached hydrogens (tertiary/aromatic N) is 2. The number of carbonyl (C=O) groups is 1. The molecule has 3 N–H and O–H groups in total. The highest BCUT2D eigenvalue weighted by Crippen LogP contribution is 2.13. The molecule has 0 radical (unpaired) electrons. The summed E-state index contributed by atoms with van der Waals surface area (Å²) in [6.07, 6.45) is 0. The lowest BCUT2D eigenvalue weighted by Gasteiger charge is -2.10. The second kappa shape index (κ2) is 5.62. The van der Waals surface area contributed by atoms with Crippen LogP contribution in [0, 0.1) is 6.92 Å². The number of carbonyl (C=O) groups excluding carboxylic acids is 1. The van der Waals surface area contributed by atoms with Crippen molar-refractivity contribution in [2.75, 3.05) is 0 Å². The van der Waals surface area contributed by atoms with E-state index in [1.54, 1.807) is 13.8 Å². The lowest BCUT2D eigenvalue weighted by Crippen LogP contribution is -2.27. The average Bonchev–Trinajstić information content (AvgIpc) is 2.84. The fraction of sp³-hybridized carbons (Fsp3) is 0.250. The van der Waals surface area contributed by atoms with E-state index in [4.69, 9.17) is 9.56 Å². The molecule has 0 saturated carbocycles. The van der Waals surface area contributed by atoms with Crippen LogP contribution in [0.2, 0.25) is 0 Å². The van der Waals surface area contributed by atoms with Crippen LogP contribution in [-0.4, -0.2) is 24.5 Å². The average molecular weight is 310 g/mol. The third-order valence-corrected chi connectivity index (χ3v) is 3.63. The van der Waals surface area contributed by atoms with Crippen LogP contribution in [0.1, 0.15) is 35.1 Å². The van der Waals surface area contributed by atoms with E-state index in [1.165, 1.54) is 24.3 Å². The molecular weight excluding hydrogens is 296 g/mol. The largest absolute Gasteiger partial charge is 0.423 e. The number of nitrogens with two attached hydrogens (primary N) is 1. The Labute approximate surface area is 121 Å². The van der Waals surface area contributed by atoms with E-state index < -0.39 is 16.1 Å². The molecule has 2 rings (SSSR count). The number of aryl methyl sites for hydroxylation is 1. The van der Waals surface area contributed by atoms with Crippen LogP contribution in [0.4, 0.5) is 0 Å². The molecule has 112 valence electrons. The summed E-state index contributed by atoms with van der Waals surface area (Å²) < 4.78 is 27.5. The fourth-order valence-corrected chi connectivity index (χ4v) is 2.14. The predicted molar refractivity (Wildman–Crippen MR) is 72.7 cm³/mol. The van der Waals surface area contributed by atoms with E-state index >= 15 is 0 Å². The Kier molecular flexibility index (Phi) is 4.05. The van der Waals surface area contributed by atoms with Crippen molar-refractivity contribution in [1.29, 1.82) is 0 Å². The van der Waals surface area contributed by atoms with Crippen LogP contribution >= 0.6 is 0 Å². The van der Waals surface area contributed by atoms with Crippen molar-refractivity contribution < 1.29 is 17.6 Å². The number of benzene rings is 1. The summed E-state index contributed by atoms with van der Waals surface area (Å²) in [7, 11) is -3.77. The molecule has 0 spiro atoms. The monoisotopic (exact) mass is 310 g/mol. The molecule has 1 heterocycles. The molecule has 8 nitrogen and oxygen atoms in total. The van der Waals surface area contributed by atoms with E-state index in [-0.39, 0.29) is 10.8 Å². The third-order valence-electron chi connectivity index (χ3n) is 2.70. The van der Waals surface area contributed by atoms with Gasteiger partial charge < -0.3 is 9.73 Å². The normalized spacial score (nSPS) is 12.9. The van der Waals surface area contributed by atoms with Gasteiger partial charge in [-0.1, -0.05) is 0 Å². The van der Waals surface area contributed by atoms with Gasteiger partial charge in [-0.15, -0.1) is 10.2 Å². The van der Waals surface area contributed by atoms with Crippen molar-refractivity contribution in [2.45, 2.75) is 24.8 Å². The molecule has 1 aromatic heterocycles. The summed E-state index contributed by atoms with van der Waals surface area (Å²) in [6.45, 7) is 3.35. The zero-order valence-electron chi connectivity index (χ0n) is 11.4. The Balaban J connectivity index is 2.10. The topological polar surface area (TPSA) is 128 Å². The molecule has 0 saturated heterocycles. The Morgan fingerprint density at radius 2 is 1.90 bits per heavy atom. The van der Waals surface area contributed by atoms with E-state index in [9.17, 15) is 13.2 Å². The fourth-order valence-electron chi connectivity index (χ4n) is 1.62. The Morgan fingerprint density at radius 1 is 1.29 bits per heavy atom. The van der Waals surface area contributed by atoms with Crippen LogP contribution in [0.3, 0.4) is 0 Å². The summed E-state index contributed by atoms with van der Waals surface area (Å²) in [5, 5.41) is 15.1. The van der Waals surface area contributed by atoms with Gasteiger partial charge in [-0.25, -0.2) is 13.6 Å². The minimum Gasteiger partial charge on any atom is -0.423 e. The lowest BCUT2D eigenvalue weighted by atomic mass is 10.2. The molecule has 9 heteroatoms. The van der Waals surface area contributed by atoms with Gasteiger partial charge in [0, 0.05) is 12.5 Å². The molecule has 2 aromatic rings. The van der Waals surface area contributed by atoms with Crippen LogP contribution in [-0.2, 0) is 10.0 Å². The summed E-state index contributed by atoms with van der Waals surface area (Å²) in [4.78, 5) is 12.0. The van der Waals surface area contributed by atoms with Gasteiger partial charge in [-0.3, -0.25) is 4.79 Å². The number of nitrogens with one attached hydrogen (secondary N) is 1. The third kappa shape index (κ3) is 3.64. The van der Waals surface area contributed by atoms with E-state index in [1.807, 2.05) is 0 Å². The zero-order valence-corrected chi connectivity index (χ0v) is 12.2. The lowest BCUT2D eigenvalue weighted by molar-refractivity contribution is 0.0934. The van der Waals surface area contributed by atoms with Crippen LogP contribution in [0.15, 0.2) is 33.6 Å². The molecule has 1 atom stereocenters. The molecule has 0 aliphatic heterocycles. The summed E-state index contributed by atoms with van der Waals surface area (Å²) >= 11 is 0. The van der Waals surface area contributed by atoms with Gasteiger partial charge in [0.1, 0.15) is 6.04 Å². The van der Waals surface area contributed by atoms with Gasteiger partial charge in [-0.2, -0.15) is 0 Å². The maximum absolute atomic E-state index is 12.0.